The van der Waals surface area contributed by atoms with Crippen LogP contribution in [0, 0.1) is 0 Å². The number of carboxylic acids is 1. The van der Waals surface area contributed by atoms with Crippen molar-refractivity contribution in [3.8, 4) is 5.75 Å². The maximum absolute atomic E-state index is 12.5. The van der Waals surface area contributed by atoms with Crippen molar-refractivity contribution in [2.45, 2.75) is 6.18 Å². The number of esters is 1. The molecule has 1 aromatic carbocycles. The molecule has 0 unspecified atom stereocenters. The second-order valence-electron chi connectivity index (χ2n) is 3.85. The van der Waals surface area contributed by atoms with Gasteiger partial charge in [0.15, 0.2) is 11.4 Å². The molecule has 1 aromatic heterocycles. The molecule has 110 valence electrons. The lowest BCUT2D eigenvalue weighted by Gasteiger charge is -2.08. The zero-order valence-corrected chi connectivity index (χ0v) is 10.1. The van der Waals surface area contributed by atoms with E-state index in [0.717, 1.165) is 24.5 Å². The van der Waals surface area contributed by atoms with Gasteiger partial charge in [0.05, 0.1) is 11.9 Å². The standard InChI is InChI=1S/C12H7F3N2O4/c13-12(14,15)6-2-1-3-7(4-6)21-11(20)9-8(10(18)19)16-5-17-9/h1-5H,(H,16,17)(H,18,19). The lowest BCUT2D eigenvalue weighted by molar-refractivity contribution is -0.137. The molecule has 0 radical (unpaired) electrons. The van der Waals surface area contributed by atoms with E-state index >= 15 is 0 Å². The number of nitrogens with zero attached hydrogens (tertiary/aromatic N) is 1. The average molecular weight is 300 g/mol. The molecular weight excluding hydrogens is 293 g/mol. The number of hydrogen-bond acceptors (Lipinski definition) is 4. The third kappa shape index (κ3) is 3.19. The van der Waals surface area contributed by atoms with Crippen molar-refractivity contribution in [1.29, 1.82) is 0 Å². The molecule has 1 heterocycles. The van der Waals surface area contributed by atoms with Gasteiger partial charge in [-0.1, -0.05) is 6.07 Å². The number of aromatic carboxylic acids is 1. The highest BCUT2D eigenvalue weighted by Gasteiger charge is 2.31. The van der Waals surface area contributed by atoms with Crippen LogP contribution in [0.25, 0.3) is 0 Å². The SMILES string of the molecule is O=C(O)c1nc[nH]c1C(=O)Oc1cccc(C(F)(F)F)c1. The minimum absolute atomic E-state index is 0.360. The van der Waals surface area contributed by atoms with Crippen molar-refractivity contribution < 1.29 is 32.6 Å². The summed E-state index contributed by atoms with van der Waals surface area (Å²) < 4.78 is 42.3. The van der Waals surface area contributed by atoms with Crippen LogP contribution in [0.5, 0.6) is 5.75 Å². The van der Waals surface area contributed by atoms with Gasteiger partial charge in [-0.3, -0.25) is 0 Å². The number of H-pyrrole nitrogens is 1. The lowest BCUT2D eigenvalue weighted by Crippen LogP contribution is -2.14. The van der Waals surface area contributed by atoms with Gasteiger partial charge < -0.3 is 14.8 Å². The van der Waals surface area contributed by atoms with Crippen molar-refractivity contribution in [3.05, 3.63) is 47.5 Å². The first-order valence-corrected chi connectivity index (χ1v) is 5.45. The number of benzene rings is 1. The van der Waals surface area contributed by atoms with Crippen LogP contribution in [0.2, 0.25) is 0 Å². The van der Waals surface area contributed by atoms with E-state index in [1.807, 2.05) is 0 Å². The van der Waals surface area contributed by atoms with E-state index in [0.29, 0.717) is 6.07 Å². The number of imidazole rings is 1. The summed E-state index contributed by atoms with van der Waals surface area (Å²) in [5, 5.41) is 8.78. The molecule has 0 aliphatic rings. The summed E-state index contributed by atoms with van der Waals surface area (Å²) >= 11 is 0. The van der Waals surface area contributed by atoms with Crippen molar-refractivity contribution in [2.24, 2.45) is 0 Å². The minimum atomic E-state index is -4.58. The Labute approximate surface area is 115 Å². The largest absolute Gasteiger partial charge is 0.476 e. The van der Waals surface area contributed by atoms with E-state index in [2.05, 4.69) is 9.97 Å². The summed E-state index contributed by atoms with van der Waals surface area (Å²) in [7, 11) is 0. The third-order valence-electron chi connectivity index (χ3n) is 2.42. The van der Waals surface area contributed by atoms with Crippen molar-refractivity contribution in [3.63, 3.8) is 0 Å². The van der Waals surface area contributed by atoms with Crippen molar-refractivity contribution >= 4 is 11.9 Å². The van der Waals surface area contributed by atoms with Crippen LogP contribution in [-0.4, -0.2) is 27.0 Å². The fraction of sp³-hybridized carbons (Fsp3) is 0.0833. The first-order valence-electron chi connectivity index (χ1n) is 5.45. The van der Waals surface area contributed by atoms with Crippen LogP contribution < -0.4 is 4.74 Å². The molecule has 0 fully saturated rings. The van der Waals surface area contributed by atoms with Gasteiger partial charge in [-0.05, 0) is 18.2 Å². The van der Waals surface area contributed by atoms with Gasteiger partial charge in [-0.2, -0.15) is 13.2 Å². The van der Waals surface area contributed by atoms with Crippen molar-refractivity contribution in [2.75, 3.05) is 0 Å². The van der Waals surface area contributed by atoms with E-state index in [9.17, 15) is 22.8 Å². The van der Waals surface area contributed by atoms with Gasteiger partial charge in [0, 0.05) is 0 Å². The van der Waals surface area contributed by atoms with E-state index in [4.69, 9.17) is 9.84 Å². The lowest BCUT2D eigenvalue weighted by atomic mass is 10.2. The molecule has 2 N–H and O–H groups in total. The maximum atomic E-state index is 12.5. The molecule has 21 heavy (non-hydrogen) atoms. The Morgan fingerprint density at radius 1 is 1.29 bits per heavy atom. The molecule has 6 nitrogen and oxygen atoms in total. The number of alkyl halides is 3. The average Bonchev–Trinajstić information content (AvgIpc) is 2.87. The van der Waals surface area contributed by atoms with Gasteiger partial charge in [-0.15, -0.1) is 0 Å². The number of ether oxygens (including phenoxy) is 1. The molecule has 0 saturated carbocycles. The minimum Gasteiger partial charge on any atom is -0.476 e. The van der Waals surface area contributed by atoms with E-state index in [1.54, 1.807) is 0 Å². The van der Waals surface area contributed by atoms with Gasteiger partial charge in [0.2, 0.25) is 0 Å². The van der Waals surface area contributed by atoms with E-state index < -0.39 is 35.1 Å². The highest BCUT2D eigenvalue weighted by Crippen LogP contribution is 2.31. The van der Waals surface area contributed by atoms with Gasteiger partial charge in [0.25, 0.3) is 0 Å². The first-order chi connectivity index (χ1) is 9.79. The molecule has 0 atom stereocenters. The molecule has 0 saturated heterocycles. The van der Waals surface area contributed by atoms with Gasteiger partial charge in [-0.25, -0.2) is 14.6 Å². The number of carboxylic acid groups (broad SMARTS) is 1. The predicted molar refractivity (Wildman–Crippen MR) is 61.9 cm³/mol. The van der Waals surface area contributed by atoms with Crippen LogP contribution >= 0.6 is 0 Å². The molecule has 0 aliphatic heterocycles. The van der Waals surface area contributed by atoms with Gasteiger partial charge in [0.1, 0.15) is 5.75 Å². The zero-order valence-electron chi connectivity index (χ0n) is 10.1. The molecule has 0 aliphatic carbocycles. The Balaban J connectivity index is 2.24. The molecule has 9 heteroatoms. The quantitative estimate of drug-likeness (QED) is 0.670. The second kappa shape index (κ2) is 5.27. The fourth-order valence-electron chi connectivity index (χ4n) is 1.51. The van der Waals surface area contributed by atoms with Crippen molar-refractivity contribution in [1.82, 2.24) is 9.97 Å². The number of hydrogen-bond donors (Lipinski definition) is 2. The Hall–Kier alpha value is -2.84. The highest BCUT2D eigenvalue weighted by atomic mass is 19.4. The van der Waals surface area contributed by atoms with Crippen LogP contribution in [0.3, 0.4) is 0 Å². The predicted octanol–water partition coefficient (Wildman–Crippen LogP) is 2.35. The Kier molecular flexibility index (Phi) is 3.66. The monoisotopic (exact) mass is 300 g/mol. The number of nitrogens with one attached hydrogen (secondary N) is 1. The Morgan fingerprint density at radius 3 is 2.62 bits per heavy atom. The molecule has 0 bridgehead atoms. The number of halogens is 3. The van der Waals surface area contributed by atoms with Crippen LogP contribution in [0.1, 0.15) is 26.5 Å². The summed E-state index contributed by atoms with van der Waals surface area (Å²) in [6.07, 6.45) is -3.62. The normalized spacial score (nSPS) is 11.2. The van der Waals surface area contributed by atoms with Gasteiger partial charge >= 0.3 is 18.1 Å². The highest BCUT2D eigenvalue weighted by molar-refractivity contribution is 6.00. The summed E-state index contributed by atoms with van der Waals surface area (Å²) in [6.45, 7) is 0. The summed E-state index contributed by atoms with van der Waals surface area (Å²) in [6, 6.07) is 3.66. The zero-order chi connectivity index (χ0) is 15.6. The molecular formula is C12H7F3N2O4. The topological polar surface area (TPSA) is 92.3 Å². The molecule has 0 spiro atoms. The van der Waals surface area contributed by atoms with E-state index in [1.165, 1.54) is 0 Å². The third-order valence-corrected chi connectivity index (χ3v) is 2.42. The number of rotatable bonds is 3. The smallest absolute Gasteiger partial charge is 0.416 e. The van der Waals surface area contributed by atoms with Crippen LogP contribution in [-0.2, 0) is 6.18 Å². The van der Waals surface area contributed by atoms with Crippen LogP contribution in [0.4, 0.5) is 13.2 Å². The second-order valence-corrected chi connectivity index (χ2v) is 3.85. The number of carbonyl (C=O) groups is 2. The van der Waals surface area contributed by atoms with Crippen LogP contribution in [0.15, 0.2) is 30.6 Å². The number of aromatic nitrogens is 2. The Morgan fingerprint density at radius 2 is 2.00 bits per heavy atom. The summed E-state index contributed by atoms with van der Waals surface area (Å²) in [4.78, 5) is 28.2. The summed E-state index contributed by atoms with van der Waals surface area (Å²) in [5.41, 5.74) is -2.03. The number of aromatic amines is 1. The first kappa shape index (κ1) is 14.6. The maximum Gasteiger partial charge on any atom is 0.416 e. The Bertz CT molecular complexity index is 694. The molecule has 0 amide bonds. The summed E-state index contributed by atoms with van der Waals surface area (Å²) in [5.74, 6) is -2.97. The molecule has 2 aromatic rings. The van der Waals surface area contributed by atoms with E-state index in [-0.39, 0.29) is 5.75 Å². The fourth-order valence-corrected chi connectivity index (χ4v) is 1.51. The number of carbonyl (C=O) groups excluding carboxylic acids is 1. The molecule has 2 rings (SSSR count).